The average molecular weight is 243 g/mol. The number of amides is 1. The van der Waals surface area contributed by atoms with Gasteiger partial charge in [-0.15, -0.1) is 0 Å². The summed E-state index contributed by atoms with van der Waals surface area (Å²) >= 11 is 0. The Morgan fingerprint density at radius 3 is 2.89 bits per heavy atom. The molecule has 0 spiro atoms. The van der Waals surface area contributed by atoms with Crippen LogP contribution in [0.1, 0.15) is 30.1 Å². The van der Waals surface area contributed by atoms with E-state index in [1.165, 1.54) is 0 Å². The lowest BCUT2D eigenvalue weighted by Crippen LogP contribution is -2.25. The zero-order valence-corrected chi connectivity index (χ0v) is 10.5. The number of rotatable bonds is 5. The van der Waals surface area contributed by atoms with Crippen molar-refractivity contribution < 1.29 is 4.79 Å². The number of nitrogens with zero attached hydrogens (tertiary/aromatic N) is 2. The lowest BCUT2D eigenvalue weighted by atomic mass is 10.1. The molecule has 4 heteroatoms. The van der Waals surface area contributed by atoms with Gasteiger partial charge < -0.3 is 5.32 Å². The molecule has 0 saturated heterocycles. The number of carbonyl (C=O) groups is 1. The van der Waals surface area contributed by atoms with Gasteiger partial charge in [0, 0.05) is 18.9 Å². The molecule has 1 N–H and O–H groups in total. The lowest BCUT2D eigenvalue weighted by molar-refractivity contribution is 0.0953. The number of aromatic nitrogens is 2. The van der Waals surface area contributed by atoms with Crippen molar-refractivity contribution in [3.8, 4) is 5.69 Å². The van der Waals surface area contributed by atoms with Crippen molar-refractivity contribution in [2.45, 2.75) is 19.8 Å². The highest BCUT2D eigenvalue weighted by Gasteiger charge is 2.11. The van der Waals surface area contributed by atoms with Crippen molar-refractivity contribution in [2.75, 3.05) is 6.54 Å². The number of hydrogen-bond acceptors (Lipinski definition) is 2. The van der Waals surface area contributed by atoms with Crippen LogP contribution in [0.4, 0.5) is 0 Å². The minimum atomic E-state index is -0.0467. The largest absolute Gasteiger partial charge is 0.352 e. The minimum absolute atomic E-state index is 0.0467. The highest BCUT2D eigenvalue weighted by molar-refractivity contribution is 5.97. The Morgan fingerprint density at radius 1 is 1.33 bits per heavy atom. The molecule has 0 unspecified atom stereocenters. The van der Waals surface area contributed by atoms with Crippen LogP contribution in [-0.2, 0) is 0 Å². The molecule has 0 atom stereocenters. The molecule has 4 nitrogen and oxygen atoms in total. The molecule has 2 aromatic rings. The van der Waals surface area contributed by atoms with E-state index < -0.39 is 0 Å². The molecule has 0 saturated carbocycles. The average Bonchev–Trinajstić information content (AvgIpc) is 2.93. The molecule has 1 amide bonds. The molecular weight excluding hydrogens is 226 g/mol. The second kappa shape index (κ2) is 6.00. The molecule has 0 bridgehead atoms. The van der Waals surface area contributed by atoms with Crippen LogP contribution < -0.4 is 5.32 Å². The number of unbranched alkanes of at least 4 members (excludes halogenated alkanes) is 1. The van der Waals surface area contributed by atoms with Crippen LogP contribution in [0.15, 0.2) is 42.7 Å². The summed E-state index contributed by atoms with van der Waals surface area (Å²) in [5.41, 5.74) is 1.45. The van der Waals surface area contributed by atoms with E-state index in [1.807, 2.05) is 36.5 Å². The van der Waals surface area contributed by atoms with E-state index in [1.54, 1.807) is 10.9 Å². The van der Waals surface area contributed by atoms with Crippen LogP contribution in [0.25, 0.3) is 5.69 Å². The quantitative estimate of drug-likeness (QED) is 0.820. The Balaban J connectivity index is 2.20. The predicted molar refractivity (Wildman–Crippen MR) is 70.8 cm³/mol. The van der Waals surface area contributed by atoms with Crippen molar-refractivity contribution in [1.82, 2.24) is 15.1 Å². The van der Waals surface area contributed by atoms with Crippen molar-refractivity contribution in [3.63, 3.8) is 0 Å². The van der Waals surface area contributed by atoms with E-state index in [0.717, 1.165) is 18.5 Å². The SMILES string of the molecule is CCCCNC(=O)c1ccccc1-n1cccn1. The molecule has 0 aliphatic heterocycles. The normalized spacial score (nSPS) is 10.3. The van der Waals surface area contributed by atoms with E-state index in [-0.39, 0.29) is 5.91 Å². The number of benzene rings is 1. The third-order valence-corrected chi connectivity index (χ3v) is 2.72. The molecular formula is C14H17N3O. The maximum absolute atomic E-state index is 12.1. The summed E-state index contributed by atoms with van der Waals surface area (Å²) in [4.78, 5) is 12.1. The van der Waals surface area contributed by atoms with Gasteiger partial charge in [0.2, 0.25) is 0 Å². The predicted octanol–water partition coefficient (Wildman–Crippen LogP) is 2.40. The van der Waals surface area contributed by atoms with E-state index in [4.69, 9.17) is 0 Å². The van der Waals surface area contributed by atoms with E-state index in [0.29, 0.717) is 12.1 Å². The Hall–Kier alpha value is -2.10. The molecule has 1 aromatic heterocycles. The first-order chi connectivity index (χ1) is 8.83. The standard InChI is InChI=1S/C14H17N3O/c1-2-3-9-15-14(18)12-7-4-5-8-13(12)17-11-6-10-16-17/h4-8,10-11H,2-3,9H2,1H3,(H,15,18). The fourth-order valence-electron chi connectivity index (χ4n) is 1.75. The Kier molecular flexibility index (Phi) is 4.12. The van der Waals surface area contributed by atoms with Crippen LogP contribution >= 0.6 is 0 Å². The molecule has 0 aliphatic carbocycles. The van der Waals surface area contributed by atoms with Crippen LogP contribution in [-0.4, -0.2) is 22.2 Å². The molecule has 0 aliphatic rings. The van der Waals surface area contributed by atoms with Crippen LogP contribution in [0.3, 0.4) is 0 Å². The first-order valence-corrected chi connectivity index (χ1v) is 6.20. The smallest absolute Gasteiger partial charge is 0.253 e. The summed E-state index contributed by atoms with van der Waals surface area (Å²) in [5.74, 6) is -0.0467. The van der Waals surface area contributed by atoms with Gasteiger partial charge in [-0.2, -0.15) is 5.10 Å². The van der Waals surface area contributed by atoms with Crippen LogP contribution in [0, 0.1) is 0 Å². The van der Waals surface area contributed by atoms with Crippen molar-refractivity contribution in [1.29, 1.82) is 0 Å². The number of para-hydroxylation sites is 1. The maximum atomic E-state index is 12.1. The molecule has 0 radical (unpaired) electrons. The molecule has 1 heterocycles. The molecule has 0 fully saturated rings. The Bertz CT molecular complexity index is 506. The zero-order chi connectivity index (χ0) is 12.8. The fraction of sp³-hybridized carbons (Fsp3) is 0.286. The second-order valence-corrected chi connectivity index (χ2v) is 4.08. The van der Waals surface area contributed by atoms with Gasteiger partial charge >= 0.3 is 0 Å². The Morgan fingerprint density at radius 2 is 2.17 bits per heavy atom. The van der Waals surface area contributed by atoms with Gasteiger partial charge in [0.25, 0.3) is 5.91 Å². The fourth-order valence-corrected chi connectivity index (χ4v) is 1.75. The van der Waals surface area contributed by atoms with E-state index in [2.05, 4.69) is 17.3 Å². The molecule has 94 valence electrons. The van der Waals surface area contributed by atoms with Crippen LogP contribution in [0.2, 0.25) is 0 Å². The van der Waals surface area contributed by atoms with Gasteiger partial charge in [0.05, 0.1) is 11.3 Å². The summed E-state index contributed by atoms with van der Waals surface area (Å²) in [6, 6.07) is 9.31. The van der Waals surface area contributed by atoms with Gasteiger partial charge in [-0.25, -0.2) is 4.68 Å². The third-order valence-electron chi connectivity index (χ3n) is 2.72. The van der Waals surface area contributed by atoms with Crippen molar-refractivity contribution >= 4 is 5.91 Å². The van der Waals surface area contributed by atoms with Gasteiger partial charge in [-0.1, -0.05) is 25.5 Å². The Labute approximate surface area is 107 Å². The summed E-state index contributed by atoms with van der Waals surface area (Å²) in [6.45, 7) is 2.81. The highest BCUT2D eigenvalue weighted by atomic mass is 16.1. The lowest BCUT2D eigenvalue weighted by Gasteiger charge is -2.09. The minimum Gasteiger partial charge on any atom is -0.352 e. The van der Waals surface area contributed by atoms with Gasteiger partial charge in [-0.3, -0.25) is 4.79 Å². The summed E-state index contributed by atoms with van der Waals surface area (Å²) in [5, 5.41) is 7.08. The maximum Gasteiger partial charge on any atom is 0.253 e. The number of hydrogen-bond donors (Lipinski definition) is 1. The first kappa shape index (κ1) is 12.4. The monoisotopic (exact) mass is 243 g/mol. The highest BCUT2D eigenvalue weighted by Crippen LogP contribution is 2.13. The number of nitrogens with one attached hydrogen (secondary N) is 1. The van der Waals surface area contributed by atoms with Crippen molar-refractivity contribution in [2.24, 2.45) is 0 Å². The van der Waals surface area contributed by atoms with Crippen LogP contribution in [0.5, 0.6) is 0 Å². The summed E-state index contributed by atoms with van der Waals surface area (Å²) in [7, 11) is 0. The third kappa shape index (κ3) is 2.77. The number of carbonyl (C=O) groups excluding carboxylic acids is 1. The molecule has 1 aromatic carbocycles. The first-order valence-electron chi connectivity index (χ1n) is 6.20. The van der Waals surface area contributed by atoms with Gasteiger partial charge in [0.1, 0.15) is 0 Å². The van der Waals surface area contributed by atoms with E-state index in [9.17, 15) is 4.79 Å². The topological polar surface area (TPSA) is 46.9 Å². The zero-order valence-electron chi connectivity index (χ0n) is 10.5. The molecule has 2 rings (SSSR count). The molecule has 18 heavy (non-hydrogen) atoms. The van der Waals surface area contributed by atoms with Gasteiger partial charge in [0.15, 0.2) is 0 Å². The summed E-state index contributed by atoms with van der Waals surface area (Å²) in [6.07, 6.45) is 5.60. The van der Waals surface area contributed by atoms with Gasteiger partial charge in [-0.05, 0) is 24.6 Å². The van der Waals surface area contributed by atoms with Crippen molar-refractivity contribution in [3.05, 3.63) is 48.3 Å². The second-order valence-electron chi connectivity index (χ2n) is 4.08. The van der Waals surface area contributed by atoms with E-state index >= 15 is 0 Å². The summed E-state index contributed by atoms with van der Waals surface area (Å²) < 4.78 is 1.70.